The zero-order chi connectivity index (χ0) is 15.6. The molecule has 1 aliphatic heterocycles. The summed E-state index contributed by atoms with van der Waals surface area (Å²) >= 11 is 0. The largest absolute Gasteiger partial charge is 0.490 e. The van der Waals surface area contributed by atoms with Gasteiger partial charge in [0.15, 0.2) is 11.6 Å². The molecule has 0 aliphatic carbocycles. The summed E-state index contributed by atoms with van der Waals surface area (Å²) in [7, 11) is 1.28. The molecular formula is C14H19F2N3O2. The highest BCUT2D eigenvalue weighted by Crippen LogP contribution is 2.30. The maximum atomic E-state index is 13.7. The van der Waals surface area contributed by atoms with Crippen LogP contribution in [0.4, 0.5) is 14.6 Å². The van der Waals surface area contributed by atoms with E-state index in [1.807, 2.05) is 13.8 Å². The Morgan fingerprint density at radius 2 is 1.90 bits per heavy atom. The van der Waals surface area contributed by atoms with E-state index in [2.05, 4.69) is 4.98 Å². The highest BCUT2D eigenvalue weighted by Gasteiger charge is 2.27. The first-order valence-electron chi connectivity index (χ1n) is 6.87. The lowest BCUT2D eigenvalue weighted by Crippen LogP contribution is -2.50. The number of carbonyl (C=O) groups excluding carboxylic acids is 1. The van der Waals surface area contributed by atoms with Crippen molar-refractivity contribution in [1.82, 2.24) is 9.88 Å². The smallest absolute Gasteiger partial charge is 0.225 e. The number of rotatable bonds is 3. The maximum absolute atomic E-state index is 13.7. The van der Waals surface area contributed by atoms with Crippen molar-refractivity contribution in [2.75, 3.05) is 38.2 Å². The van der Waals surface area contributed by atoms with Gasteiger partial charge in [-0.3, -0.25) is 4.79 Å². The Morgan fingerprint density at radius 1 is 1.29 bits per heavy atom. The van der Waals surface area contributed by atoms with E-state index in [1.54, 1.807) is 9.80 Å². The lowest BCUT2D eigenvalue weighted by atomic mass is 10.1. The highest BCUT2D eigenvalue weighted by atomic mass is 19.2. The fourth-order valence-corrected chi connectivity index (χ4v) is 2.35. The minimum Gasteiger partial charge on any atom is -0.490 e. The van der Waals surface area contributed by atoms with Gasteiger partial charge in [0.05, 0.1) is 13.3 Å². The molecule has 2 heterocycles. The van der Waals surface area contributed by atoms with E-state index in [9.17, 15) is 13.6 Å². The molecule has 1 aliphatic rings. The molecule has 116 valence electrons. The number of piperazine rings is 1. The lowest BCUT2D eigenvalue weighted by Gasteiger charge is -2.36. The van der Waals surface area contributed by atoms with E-state index >= 15 is 0 Å². The molecule has 1 aromatic rings. The van der Waals surface area contributed by atoms with Crippen LogP contribution < -0.4 is 9.64 Å². The van der Waals surface area contributed by atoms with E-state index in [-0.39, 0.29) is 23.4 Å². The third-order valence-corrected chi connectivity index (χ3v) is 3.50. The second kappa shape index (κ2) is 6.24. The van der Waals surface area contributed by atoms with Crippen LogP contribution in [0.1, 0.15) is 13.8 Å². The molecule has 1 aromatic heterocycles. The number of pyridine rings is 1. The van der Waals surface area contributed by atoms with E-state index in [4.69, 9.17) is 4.74 Å². The average molecular weight is 299 g/mol. The van der Waals surface area contributed by atoms with Gasteiger partial charge < -0.3 is 14.5 Å². The van der Waals surface area contributed by atoms with Crippen LogP contribution in [0, 0.1) is 17.6 Å². The first-order valence-corrected chi connectivity index (χ1v) is 6.87. The number of hydrogen-bond acceptors (Lipinski definition) is 4. The first kappa shape index (κ1) is 15.5. The Balaban J connectivity index is 2.13. The van der Waals surface area contributed by atoms with Crippen LogP contribution >= 0.6 is 0 Å². The molecule has 0 aromatic carbocycles. The molecule has 0 spiro atoms. The van der Waals surface area contributed by atoms with Crippen LogP contribution in [-0.4, -0.2) is 49.1 Å². The Morgan fingerprint density at radius 3 is 2.43 bits per heavy atom. The molecular weight excluding hydrogens is 280 g/mol. The number of aromatic nitrogens is 1. The summed E-state index contributed by atoms with van der Waals surface area (Å²) in [6.45, 7) is 5.78. The Labute approximate surface area is 122 Å². The average Bonchev–Trinajstić information content (AvgIpc) is 2.49. The van der Waals surface area contributed by atoms with Crippen molar-refractivity contribution in [1.29, 1.82) is 0 Å². The number of amides is 1. The number of nitrogens with zero attached hydrogens (tertiary/aromatic N) is 3. The molecule has 5 nitrogen and oxygen atoms in total. The number of hydrogen-bond donors (Lipinski definition) is 0. The molecule has 0 atom stereocenters. The van der Waals surface area contributed by atoms with Crippen molar-refractivity contribution in [3.8, 4) is 5.75 Å². The number of carbonyl (C=O) groups is 1. The van der Waals surface area contributed by atoms with Crippen molar-refractivity contribution in [3.63, 3.8) is 0 Å². The van der Waals surface area contributed by atoms with Crippen LogP contribution in [0.5, 0.6) is 5.75 Å². The quantitative estimate of drug-likeness (QED) is 0.852. The van der Waals surface area contributed by atoms with E-state index in [0.717, 1.165) is 6.20 Å². The predicted octanol–water partition coefficient (Wildman–Crippen LogP) is 1.67. The summed E-state index contributed by atoms with van der Waals surface area (Å²) in [5, 5.41) is 0. The molecule has 0 bridgehead atoms. The molecule has 0 radical (unpaired) electrons. The van der Waals surface area contributed by atoms with Gasteiger partial charge in [-0.1, -0.05) is 13.8 Å². The number of anilines is 1. The Kier molecular flexibility index (Phi) is 4.59. The SMILES string of the molecule is COc1c(N2CCN(C(=O)C(C)C)CC2)ncc(F)c1F. The van der Waals surface area contributed by atoms with Crippen LogP contribution in [0.2, 0.25) is 0 Å². The summed E-state index contributed by atoms with van der Waals surface area (Å²) in [6.07, 6.45) is 0.846. The molecule has 0 N–H and O–H groups in total. The van der Waals surface area contributed by atoms with Crippen LogP contribution in [0.3, 0.4) is 0 Å². The summed E-state index contributed by atoms with van der Waals surface area (Å²) in [6, 6.07) is 0. The molecule has 1 fully saturated rings. The molecule has 21 heavy (non-hydrogen) atoms. The van der Waals surface area contributed by atoms with Gasteiger partial charge in [-0.05, 0) is 0 Å². The highest BCUT2D eigenvalue weighted by molar-refractivity contribution is 5.78. The second-order valence-corrected chi connectivity index (χ2v) is 5.24. The van der Waals surface area contributed by atoms with Gasteiger partial charge in [0.2, 0.25) is 17.5 Å². The number of methoxy groups -OCH3 is 1. The minimum absolute atomic E-state index is 0.0486. The van der Waals surface area contributed by atoms with Gasteiger partial charge in [-0.25, -0.2) is 9.37 Å². The van der Waals surface area contributed by atoms with Gasteiger partial charge in [0.25, 0.3) is 0 Å². The molecule has 0 saturated carbocycles. The van der Waals surface area contributed by atoms with Crippen molar-refractivity contribution in [3.05, 3.63) is 17.8 Å². The summed E-state index contributed by atoms with van der Waals surface area (Å²) in [5.41, 5.74) is 0. The van der Waals surface area contributed by atoms with Crippen LogP contribution in [0.15, 0.2) is 6.20 Å². The zero-order valence-corrected chi connectivity index (χ0v) is 12.4. The standard InChI is InChI=1S/C14H19F2N3O2/c1-9(2)14(20)19-6-4-18(5-7-19)13-12(21-3)11(16)10(15)8-17-13/h8-9H,4-7H2,1-3H3. The number of ether oxygens (including phenoxy) is 1. The second-order valence-electron chi connectivity index (χ2n) is 5.24. The number of halogens is 2. The van der Waals surface area contributed by atoms with Crippen LogP contribution in [0.25, 0.3) is 0 Å². The topological polar surface area (TPSA) is 45.7 Å². The first-order chi connectivity index (χ1) is 9.95. The lowest BCUT2D eigenvalue weighted by molar-refractivity contribution is -0.134. The maximum Gasteiger partial charge on any atom is 0.225 e. The molecule has 7 heteroatoms. The fraction of sp³-hybridized carbons (Fsp3) is 0.571. The van der Waals surface area contributed by atoms with Gasteiger partial charge in [-0.2, -0.15) is 4.39 Å². The zero-order valence-electron chi connectivity index (χ0n) is 12.4. The Bertz CT molecular complexity index is 529. The summed E-state index contributed by atoms with van der Waals surface area (Å²) in [5.74, 6) is -1.95. The third-order valence-electron chi connectivity index (χ3n) is 3.50. The Hall–Kier alpha value is -1.92. The minimum atomic E-state index is -1.04. The van der Waals surface area contributed by atoms with Gasteiger partial charge >= 0.3 is 0 Å². The van der Waals surface area contributed by atoms with Crippen molar-refractivity contribution >= 4 is 11.7 Å². The molecule has 0 unspecified atom stereocenters. The fourth-order valence-electron chi connectivity index (χ4n) is 2.35. The van der Waals surface area contributed by atoms with Gasteiger partial charge in [0, 0.05) is 32.1 Å². The summed E-state index contributed by atoms with van der Waals surface area (Å²) < 4.78 is 31.8. The van der Waals surface area contributed by atoms with E-state index in [0.29, 0.717) is 26.2 Å². The van der Waals surface area contributed by atoms with Gasteiger partial charge in [0.1, 0.15) is 0 Å². The predicted molar refractivity (Wildman–Crippen MR) is 74.3 cm³/mol. The molecule has 2 rings (SSSR count). The molecule has 1 saturated heterocycles. The van der Waals surface area contributed by atoms with E-state index in [1.165, 1.54) is 7.11 Å². The summed E-state index contributed by atoms with van der Waals surface area (Å²) in [4.78, 5) is 19.4. The molecule has 1 amide bonds. The third kappa shape index (κ3) is 3.06. The van der Waals surface area contributed by atoms with Crippen LogP contribution in [-0.2, 0) is 4.79 Å². The van der Waals surface area contributed by atoms with Crippen molar-refractivity contribution in [2.24, 2.45) is 5.92 Å². The monoisotopic (exact) mass is 299 g/mol. The van der Waals surface area contributed by atoms with Gasteiger partial charge in [-0.15, -0.1) is 0 Å². The van der Waals surface area contributed by atoms with Crippen molar-refractivity contribution in [2.45, 2.75) is 13.8 Å². The normalized spacial score (nSPS) is 15.5. The van der Waals surface area contributed by atoms with Crippen molar-refractivity contribution < 1.29 is 18.3 Å². The van der Waals surface area contributed by atoms with E-state index < -0.39 is 11.6 Å².